The molecule has 0 unspecified atom stereocenters. The highest BCUT2D eigenvalue weighted by Gasteiger charge is 2.17. The predicted molar refractivity (Wildman–Crippen MR) is 75.9 cm³/mol. The summed E-state index contributed by atoms with van der Waals surface area (Å²) in [5.74, 6) is 0. The number of likely N-dealkylation sites (tertiary alicyclic amines) is 1. The van der Waals surface area contributed by atoms with Gasteiger partial charge in [0, 0.05) is 23.5 Å². The fourth-order valence-corrected chi connectivity index (χ4v) is 2.72. The lowest BCUT2D eigenvalue weighted by Crippen LogP contribution is -2.33. The van der Waals surface area contributed by atoms with Crippen LogP contribution < -0.4 is 0 Å². The Balaban J connectivity index is 1.74. The van der Waals surface area contributed by atoms with Gasteiger partial charge in [-0.2, -0.15) is 0 Å². The van der Waals surface area contributed by atoms with Crippen molar-refractivity contribution in [3.63, 3.8) is 0 Å². The van der Waals surface area contributed by atoms with E-state index in [1.165, 1.54) is 10.9 Å². The van der Waals surface area contributed by atoms with Crippen LogP contribution in [0.3, 0.4) is 0 Å². The zero-order valence-electron chi connectivity index (χ0n) is 10.3. The third kappa shape index (κ3) is 2.65. The molecule has 0 radical (unpaired) electrons. The highest BCUT2D eigenvalue weighted by atomic mass is 35.5. The van der Waals surface area contributed by atoms with Gasteiger partial charge >= 0.3 is 0 Å². The summed E-state index contributed by atoms with van der Waals surface area (Å²) in [5, 5.41) is 1.60. The molecule has 1 aliphatic rings. The molecule has 94 valence electrons. The zero-order valence-corrected chi connectivity index (χ0v) is 11.1. The number of fused-ring (bicyclic) bond motifs is 1. The first-order valence-corrected chi connectivity index (χ1v) is 6.95. The van der Waals surface area contributed by atoms with E-state index in [9.17, 15) is 0 Å². The van der Waals surface area contributed by atoms with E-state index < -0.39 is 0 Å². The number of pyridine rings is 1. The van der Waals surface area contributed by atoms with Crippen molar-refractivity contribution < 1.29 is 0 Å². The lowest BCUT2D eigenvalue weighted by molar-refractivity contribution is 0.223. The molecule has 0 spiro atoms. The fraction of sp³-hybridized carbons (Fsp3) is 0.400. The average Bonchev–Trinajstić information content (AvgIpc) is 2.41. The highest BCUT2D eigenvalue weighted by molar-refractivity contribution is 6.20. The Morgan fingerprint density at radius 1 is 1.22 bits per heavy atom. The molecule has 3 heteroatoms. The second kappa shape index (κ2) is 5.25. The van der Waals surface area contributed by atoms with Gasteiger partial charge in [0.05, 0.1) is 5.52 Å². The van der Waals surface area contributed by atoms with E-state index in [1.54, 1.807) is 0 Å². The van der Waals surface area contributed by atoms with Gasteiger partial charge in [-0.3, -0.25) is 9.88 Å². The minimum absolute atomic E-state index is 0.371. The van der Waals surface area contributed by atoms with E-state index >= 15 is 0 Å². The SMILES string of the molecule is ClC1CCN(Cc2cnc3ccccc3c2)CC1. The van der Waals surface area contributed by atoms with Crippen LogP contribution in [0.15, 0.2) is 36.5 Å². The maximum atomic E-state index is 6.12. The molecule has 2 aromatic rings. The largest absolute Gasteiger partial charge is 0.299 e. The smallest absolute Gasteiger partial charge is 0.0702 e. The first-order chi connectivity index (χ1) is 8.81. The van der Waals surface area contributed by atoms with Gasteiger partial charge in [-0.1, -0.05) is 18.2 Å². The third-order valence-corrected chi connectivity index (χ3v) is 4.01. The number of alkyl halides is 1. The Hall–Kier alpha value is -1.12. The predicted octanol–water partition coefficient (Wildman–Crippen LogP) is 3.44. The topological polar surface area (TPSA) is 16.1 Å². The van der Waals surface area contributed by atoms with Crippen LogP contribution in [-0.4, -0.2) is 28.4 Å². The summed E-state index contributed by atoms with van der Waals surface area (Å²) in [5.41, 5.74) is 2.36. The second-order valence-corrected chi connectivity index (χ2v) is 5.60. The quantitative estimate of drug-likeness (QED) is 0.769. The molecule has 1 aromatic heterocycles. The van der Waals surface area contributed by atoms with Crippen molar-refractivity contribution in [2.24, 2.45) is 0 Å². The van der Waals surface area contributed by atoms with E-state index in [0.29, 0.717) is 5.38 Å². The summed E-state index contributed by atoms with van der Waals surface area (Å²) >= 11 is 6.12. The monoisotopic (exact) mass is 260 g/mol. The van der Waals surface area contributed by atoms with Crippen molar-refractivity contribution in [3.8, 4) is 0 Å². The summed E-state index contributed by atoms with van der Waals surface area (Å²) in [4.78, 5) is 6.97. The Labute approximate surface area is 113 Å². The summed E-state index contributed by atoms with van der Waals surface area (Å²) in [6.07, 6.45) is 4.19. The van der Waals surface area contributed by atoms with Gasteiger partial charge < -0.3 is 0 Å². The number of hydrogen-bond acceptors (Lipinski definition) is 2. The lowest BCUT2D eigenvalue weighted by Gasteiger charge is -2.29. The third-order valence-electron chi connectivity index (χ3n) is 3.57. The molecule has 0 aliphatic carbocycles. The van der Waals surface area contributed by atoms with Crippen molar-refractivity contribution in [2.45, 2.75) is 24.8 Å². The molecule has 0 N–H and O–H groups in total. The van der Waals surface area contributed by atoms with Gasteiger partial charge in [0.25, 0.3) is 0 Å². The van der Waals surface area contributed by atoms with E-state index in [2.05, 4.69) is 34.1 Å². The number of benzene rings is 1. The van der Waals surface area contributed by atoms with Crippen LogP contribution >= 0.6 is 11.6 Å². The highest BCUT2D eigenvalue weighted by Crippen LogP contribution is 2.19. The van der Waals surface area contributed by atoms with E-state index in [-0.39, 0.29) is 0 Å². The van der Waals surface area contributed by atoms with Gasteiger partial charge in [-0.25, -0.2) is 0 Å². The molecule has 1 aliphatic heterocycles. The second-order valence-electron chi connectivity index (χ2n) is 4.99. The molecule has 2 nitrogen and oxygen atoms in total. The number of piperidine rings is 1. The molecular formula is C15H17ClN2. The molecular weight excluding hydrogens is 244 g/mol. The van der Waals surface area contributed by atoms with Gasteiger partial charge in [0.1, 0.15) is 0 Å². The zero-order chi connectivity index (χ0) is 12.4. The molecule has 1 aromatic carbocycles. The van der Waals surface area contributed by atoms with Crippen molar-refractivity contribution in [1.29, 1.82) is 0 Å². The van der Waals surface area contributed by atoms with E-state index in [1.807, 2.05) is 12.3 Å². The van der Waals surface area contributed by atoms with Crippen LogP contribution in [0.4, 0.5) is 0 Å². The number of rotatable bonds is 2. The number of aromatic nitrogens is 1. The van der Waals surface area contributed by atoms with Gasteiger partial charge in [-0.15, -0.1) is 11.6 Å². The van der Waals surface area contributed by atoms with Gasteiger partial charge in [-0.05, 0) is 43.6 Å². The van der Waals surface area contributed by atoms with Crippen LogP contribution in [0.2, 0.25) is 0 Å². The van der Waals surface area contributed by atoms with Crippen LogP contribution in [0.5, 0.6) is 0 Å². The molecule has 0 bridgehead atoms. The number of para-hydroxylation sites is 1. The van der Waals surface area contributed by atoms with Crippen molar-refractivity contribution >= 4 is 22.5 Å². The van der Waals surface area contributed by atoms with Gasteiger partial charge in [0.2, 0.25) is 0 Å². The van der Waals surface area contributed by atoms with Crippen LogP contribution in [0.1, 0.15) is 18.4 Å². The van der Waals surface area contributed by atoms with Crippen molar-refractivity contribution in [3.05, 3.63) is 42.1 Å². The maximum Gasteiger partial charge on any atom is 0.0702 e. The number of nitrogens with zero attached hydrogens (tertiary/aromatic N) is 2. The van der Waals surface area contributed by atoms with E-state index in [4.69, 9.17) is 11.6 Å². The summed E-state index contributed by atoms with van der Waals surface area (Å²) < 4.78 is 0. The van der Waals surface area contributed by atoms with Crippen LogP contribution in [0.25, 0.3) is 10.9 Å². The van der Waals surface area contributed by atoms with E-state index in [0.717, 1.165) is 38.0 Å². The Morgan fingerprint density at radius 3 is 2.83 bits per heavy atom. The number of hydrogen-bond donors (Lipinski definition) is 0. The van der Waals surface area contributed by atoms with Crippen molar-refractivity contribution in [1.82, 2.24) is 9.88 Å². The van der Waals surface area contributed by atoms with Crippen LogP contribution in [0, 0.1) is 0 Å². The average molecular weight is 261 g/mol. The molecule has 0 amide bonds. The molecule has 3 rings (SSSR count). The molecule has 18 heavy (non-hydrogen) atoms. The van der Waals surface area contributed by atoms with Crippen LogP contribution in [-0.2, 0) is 6.54 Å². The standard InChI is InChI=1S/C15H17ClN2/c16-14-5-7-18(8-6-14)11-12-9-13-3-1-2-4-15(13)17-10-12/h1-4,9-10,14H,5-8,11H2. The van der Waals surface area contributed by atoms with Gasteiger partial charge in [0.15, 0.2) is 0 Å². The molecule has 1 saturated heterocycles. The Bertz CT molecular complexity index is 533. The normalized spacial score (nSPS) is 18.3. The first-order valence-electron chi connectivity index (χ1n) is 6.51. The minimum Gasteiger partial charge on any atom is -0.299 e. The summed E-state index contributed by atoms with van der Waals surface area (Å²) in [6, 6.07) is 10.5. The maximum absolute atomic E-state index is 6.12. The Kier molecular flexibility index (Phi) is 3.48. The van der Waals surface area contributed by atoms with Crippen molar-refractivity contribution in [2.75, 3.05) is 13.1 Å². The lowest BCUT2D eigenvalue weighted by atomic mass is 10.1. The molecule has 0 atom stereocenters. The summed E-state index contributed by atoms with van der Waals surface area (Å²) in [6.45, 7) is 3.18. The molecule has 0 saturated carbocycles. The minimum atomic E-state index is 0.371. The number of halogens is 1. The molecule has 2 heterocycles. The summed E-state index contributed by atoms with van der Waals surface area (Å²) in [7, 11) is 0. The Morgan fingerprint density at radius 2 is 2.00 bits per heavy atom. The first kappa shape index (κ1) is 11.9. The fourth-order valence-electron chi connectivity index (χ4n) is 2.52. The molecule has 1 fully saturated rings.